The van der Waals surface area contributed by atoms with Gasteiger partial charge in [-0.25, -0.2) is 0 Å². The molecule has 1 saturated heterocycles. The maximum atomic E-state index is 12.6. The van der Waals surface area contributed by atoms with Crippen molar-refractivity contribution in [3.8, 4) is 5.75 Å². The molecule has 1 aliphatic carbocycles. The Morgan fingerprint density at radius 3 is 2.46 bits per heavy atom. The van der Waals surface area contributed by atoms with Crippen molar-refractivity contribution >= 4 is 22.5 Å². The highest BCUT2D eigenvalue weighted by Gasteiger charge is 2.43. The average molecular weight is 507 g/mol. The molecule has 2 aromatic rings. The van der Waals surface area contributed by atoms with Crippen LogP contribution in [-0.2, 0) is 9.53 Å². The first-order valence-electron chi connectivity index (χ1n) is 11.4. The highest BCUT2D eigenvalue weighted by atomic mass is 19.4. The van der Waals surface area contributed by atoms with E-state index in [2.05, 4.69) is 15.0 Å². The van der Waals surface area contributed by atoms with Crippen molar-refractivity contribution < 1.29 is 40.6 Å². The summed E-state index contributed by atoms with van der Waals surface area (Å²) >= 11 is 0. The molecule has 2 N–H and O–H groups in total. The van der Waals surface area contributed by atoms with Crippen molar-refractivity contribution in [1.29, 1.82) is 0 Å². The fraction of sp³-hybridized carbons (Fsp3) is 0.609. The molecule has 1 aromatic heterocycles. The molecular weight excluding hydrogens is 480 g/mol. The molecule has 0 radical (unpaired) electrons. The van der Waals surface area contributed by atoms with Crippen molar-refractivity contribution in [2.45, 2.75) is 31.6 Å². The predicted octanol–water partition coefficient (Wildman–Crippen LogP) is 4.97. The Labute approximate surface area is 197 Å². The van der Waals surface area contributed by atoms with E-state index < -0.39 is 38.0 Å². The van der Waals surface area contributed by atoms with Crippen molar-refractivity contribution in [3.05, 3.63) is 24.4 Å². The summed E-state index contributed by atoms with van der Waals surface area (Å²) in [4.78, 5) is 16.4. The van der Waals surface area contributed by atoms with Crippen molar-refractivity contribution in [2.24, 2.45) is 17.8 Å². The summed E-state index contributed by atoms with van der Waals surface area (Å²) in [5.41, 5.74) is 1.12. The Bertz CT molecular complexity index is 1010. The molecule has 1 amide bonds. The Morgan fingerprint density at radius 2 is 1.80 bits per heavy atom. The fourth-order valence-electron chi connectivity index (χ4n) is 5.22. The lowest BCUT2D eigenvalue weighted by atomic mass is 10.0. The van der Waals surface area contributed by atoms with Gasteiger partial charge in [0.2, 0.25) is 5.91 Å². The second-order valence-electron chi connectivity index (χ2n) is 9.37. The van der Waals surface area contributed by atoms with Crippen LogP contribution in [0.4, 0.5) is 32.0 Å². The number of fused-ring (bicyclic) bond motifs is 2. The number of aromatic amines is 1. The normalized spacial score (nSPS) is 23.1. The Hall–Kier alpha value is -2.47. The SMILES string of the molecule is O=C(COCC(F)(F)F)Nc1c[nH]c2ccc(OCCC3C[C@@H]4CN(CC(F)(F)F)C[C@@H]4C3)cc12. The molecule has 1 aliphatic heterocycles. The number of hydrogen-bond donors (Lipinski definition) is 2. The van der Waals surface area contributed by atoms with Gasteiger partial charge >= 0.3 is 12.4 Å². The van der Waals surface area contributed by atoms with E-state index >= 15 is 0 Å². The van der Waals surface area contributed by atoms with Crippen LogP contribution in [-0.4, -0.2) is 67.6 Å². The molecule has 1 aromatic carbocycles. The molecule has 1 unspecified atom stereocenters. The molecule has 1 saturated carbocycles. The van der Waals surface area contributed by atoms with E-state index in [0.29, 0.717) is 54.3 Å². The Balaban J connectivity index is 1.23. The Morgan fingerprint density at radius 1 is 1.09 bits per heavy atom. The third kappa shape index (κ3) is 7.26. The van der Waals surface area contributed by atoms with Crippen molar-refractivity contribution in [2.75, 3.05) is 44.8 Å². The number of nitrogens with zero attached hydrogens (tertiary/aromatic N) is 1. The molecule has 194 valence electrons. The van der Waals surface area contributed by atoms with Crippen molar-refractivity contribution in [1.82, 2.24) is 9.88 Å². The summed E-state index contributed by atoms with van der Waals surface area (Å²) in [7, 11) is 0. The van der Waals surface area contributed by atoms with Gasteiger partial charge in [-0.15, -0.1) is 0 Å². The molecule has 2 fully saturated rings. The third-order valence-electron chi connectivity index (χ3n) is 6.55. The van der Waals surface area contributed by atoms with Crippen LogP contribution in [0.25, 0.3) is 10.9 Å². The van der Waals surface area contributed by atoms with Crippen LogP contribution in [0.1, 0.15) is 19.3 Å². The van der Waals surface area contributed by atoms with Gasteiger partial charge in [0.15, 0.2) is 0 Å². The maximum absolute atomic E-state index is 12.6. The molecule has 12 heteroatoms. The van der Waals surface area contributed by atoms with Gasteiger partial charge in [0.05, 0.1) is 18.8 Å². The quantitative estimate of drug-likeness (QED) is 0.471. The average Bonchev–Trinajstić information content (AvgIpc) is 3.39. The Kier molecular flexibility index (Phi) is 7.51. The molecule has 6 nitrogen and oxygen atoms in total. The molecular formula is C23H27F6N3O3. The lowest BCUT2D eigenvalue weighted by Crippen LogP contribution is -2.33. The summed E-state index contributed by atoms with van der Waals surface area (Å²) in [5.74, 6) is 0.910. The standard InChI is InChI=1S/C23H27F6N3O3/c24-22(25,26)12-32-9-15-5-14(6-16(15)10-32)3-4-35-17-1-2-19-18(7-17)20(8-30-19)31-21(33)11-34-13-23(27,28)29/h1-2,7-8,14-16,30H,3-6,9-13H2,(H,31,33)/t14?,15-,16+. The zero-order valence-electron chi connectivity index (χ0n) is 18.8. The maximum Gasteiger partial charge on any atom is 0.411 e. The minimum atomic E-state index is -4.50. The van der Waals surface area contributed by atoms with E-state index in [0.717, 1.165) is 24.8 Å². The number of hydrogen-bond acceptors (Lipinski definition) is 4. The number of rotatable bonds is 9. The summed E-state index contributed by atoms with van der Waals surface area (Å²) in [6, 6.07) is 5.28. The number of alkyl halides is 6. The molecule has 4 rings (SSSR count). The van der Waals surface area contributed by atoms with Gasteiger partial charge in [-0.05, 0) is 55.2 Å². The van der Waals surface area contributed by atoms with E-state index in [4.69, 9.17) is 4.74 Å². The summed E-state index contributed by atoms with van der Waals surface area (Å²) in [6.45, 7) is -1.60. The largest absolute Gasteiger partial charge is 0.494 e. The lowest BCUT2D eigenvalue weighted by molar-refractivity contribution is -0.174. The number of H-pyrrole nitrogens is 1. The zero-order chi connectivity index (χ0) is 25.2. The van der Waals surface area contributed by atoms with Crippen LogP contribution in [0.2, 0.25) is 0 Å². The zero-order valence-corrected chi connectivity index (χ0v) is 18.8. The molecule has 0 bridgehead atoms. The topological polar surface area (TPSA) is 66.6 Å². The van der Waals surface area contributed by atoms with Crippen LogP contribution in [0, 0.1) is 17.8 Å². The van der Waals surface area contributed by atoms with Crippen LogP contribution < -0.4 is 10.1 Å². The first kappa shape index (κ1) is 25.6. The van der Waals surface area contributed by atoms with Gasteiger partial charge in [0, 0.05) is 30.2 Å². The number of halogens is 6. The van der Waals surface area contributed by atoms with Crippen LogP contribution in [0.3, 0.4) is 0 Å². The minimum Gasteiger partial charge on any atom is -0.494 e. The van der Waals surface area contributed by atoms with Gasteiger partial charge in [-0.3, -0.25) is 9.69 Å². The molecule has 2 aliphatic rings. The highest BCUT2D eigenvalue weighted by Crippen LogP contribution is 2.43. The van der Waals surface area contributed by atoms with E-state index in [1.165, 1.54) is 11.1 Å². The highest BCUT2D eigenvalue weighted by molar-refractivity contribution is 6.02. The number of anilines is 1. The summed E-state index contributed by atoms with van der Waals surface area (Å²) < 4.78 is 84.6. The van der Waals surface area contributed by atoms with E-state index in [-0.39, 0.29) is 0 Å². The number of aromatic nitrogens is 1. The van der Waals surface area contributed by atoms with Crippen LogP contribution in [0.5, 0.6) is 5.75 Å². The molecule has 2 heterocycles. The first-order chi connectivity index (χ1) is 16.4. The monoisotopic (exact) mass is 507 g/mol. The van der Waals surface area contributed by atoms with E-state index in [1.54, 1.807) is 18.2 Å². The molecule has 3 atom stereocenters. The second-order valence-corrected chi connectivity index (χ2v) is 9.37. The fourth-order valence-corrected chi connectivity index (χ4v) is 5.22. The van der Waals surface area contributed by atoms with E-state index in [9.17, 15) is 31.1 Å². The summed E-state index contributed by atoms with van der Waals surface area (Å²) in [6.07, 6.45) is -4.50. The lowest BCUT2D eigenvalue weighted by Gasteiger charge is -2.20. The smallest absolute Gasteiger partial charge is 0.411 e. The number of nitrogens with one attached hydrogen (secondary N) is 2. The number of benzene rings is 1. The predicted molar refractivity (Wildman–Crippen MR) is 116 cm³/mol. The third-order valence-corrected chi connectivity index (χ3v) is 6.55. The van der Waals surface area contributed by atoms with Gasteiger partial charge in [-0.1, -0.05) is 0 Å². The van der Waals surface area contributed by atoms with Gasteiger partial charge in [0.1, 0.15) is 19.0 Å². The number of ether oxygens (including phenoxy) is 2. The number of likely N-dealkylation sites (tertiary alicyclic amines) is 1. The number of carbonyl (C=O) groups excluding carboxylic acids is 1. The van der Waals surface area contributed by atoms with Crippen molar-refractivity contribution in [3.63, 3.8) is 0 Å². The van der Waals surface area contributed by atoms with Gasteiger partial charge in [0.25, 0.3) is 0 Å². The second kappa shape index (κ2) is 10.3. The van der Waals surface area contributed by atoms with Crippen LogP contribution in [0.15, 0.2) is 24.4 Å². The van der Waals surface area contributed by atoms with E-state index in [1.807, 2.05) is 0 Å². The minimum absolute atomic E-state index is 0.310. The number of amides is 1. The van der Waals surface area contributed by atoms with Crippen LogP contribution >= 0.6 is 0 Å². The molecule has 0 spiro atoms. The van der Waals surface area contributed by atoms with Gasteiger partial charge < -0.3 is 19.8 Å². The number of carbonyl (C=O) groups is 1. The molecule has 35 heavy (non-hydrogen) atoms. The van der Waals surface area contributed by atoms with Gasteiger partial charge in [-0.2, -0.15) is 26.3 Å². The summed E-state index contributed by atoms with van der Waals surface area (Å²) in [5, 5.41) is 3.17. The first-order valence-corrected chi connectivity index (χ1v) is 11.4.